The molecule has 1 aliphatic heterocycles. The summed E-state index contributed by atoms with van der Waals surface area (Å²) >= 11 is 0. The topological polar surface area (TPSA) is 148 Å². The van der Waals surface area contributed by atoms with Crippen molar-refractivity contribution < 1.29 is 9.47 Å². The van der Waals surface area contributed by atoms with E-state index >= 15 is 0 Å². The maximum atomic E-state index is 9.28. The summed E-state index contributed by atoms with van der Waals surface area (Å²) in [5.41, 5.74) is 15.3. The summed E-state index contributed by atoms with van der Waals surface area (Å²) < 4.78 is 12.0. The van der Waals surface area contributed by atoms with Gasteiger partial charge < -0.3 is 31.2 Å². The van der Waals surface area contributed by atoms with E-state index in [0.29, 0.717) is 29.4 Å². The average molecular weight is 507 g/mol. The van der Waals surface area contributed by atoms with Gasteiger partial charge in [-0.25, -0.2) is 0 Å². The Morgan fingerprint density at radius 1 is 1.00 bits per heavy atom. The summed E-state index contributed by atoms with van der Waals surface area (Å²) in [6.45, 7) is 2.09. The average Bonchev–Trinajstić information content (AvgIpc) is 3.37. The fraction of sp³-hybridized carbons (Fsp3) is 0.143. The van der Waals surface area contributed by atoms with E-state index in [4.69, 9.17) is 20.9 Å². The number of rotatable bonds is 8. The van der Waals surface area contributed by atoms with Gasteiger partial charge in [0, 0.05) is 31.8 Å². The molecule has 0 bridgehead atoms. The molecule has 10 nitrogen and oxygen atoms in total. The van der Waals surface area contributed by atoms with Gasteiger partial charge in [0.1, 0.15) is 17.3 Å². The van der Waals surface area contributed by atoms with Crippen LogP contribution in [0, 0.1) is 11.3 Å². The van der Waals surface area contributed by atoms with E-state index in [2.05, 4.69) is 31.2 Å². The number of hydrogen-bond acceptors (Lipinski definition) is 10. The summed E-state index contributed by atoms with van der Waals surface area (Å²) in [5, 5.41) is 12.5. The van der Waals surface area contributed by atoms with Crippen LogP contribution in [-0.2, 0) is 6.54 Å². The highest BCUT2D eigenvalue weighted by Crippen LogP contribution is 2.36. The summed E-state index contributed by atoms with van der Waals surface area (Å²) in [7, 11) is 2.00. The minimum Gasteiger partial charge on any atom is -0.435 e. The molecule has 0 saturated heterocycles. The van der Waals surface area contributed by atoms with Crippen molar-refractivity contribution in [2.24, 2.45) is 4.99 Å². The third kappa shape index (κ3) is 5.42. The minimum atomic E-state index is 0.0265. The number of aromatic nitrogens is 2. The molecule has 0 fully saturated rings. The predicted octanol–water partition coefficient (Wildman–Crippen LogP) is 4.40. The number of nitrogen functional groups attached to an aromatic ring is 2. The zero-order chi connectivity index (χ0) is 26.5. The third-order valence-electron chi connectivity index (χ3n) is 5.90. The van der Waals surface area contributed by atoms with Crippen molar-refractivity contribution in [3.8, 4) is 29.5 Å². The van der Waals surface area contributed by atoms with Crippen molar-refractivity contribution in [1.29, 1.82) is 5.26 Å². The number of ether oxygens (including phenoxy) is 2. The highest BCUT2D eigenvalue weighted by atomic mass is 16.5. The molecule has 4 aromatic rings. The van der Waals surface area contributed by atoms with Crippen LogP contribution in [-0.4, -0.2) is 40.8 Å². The Morgan fingerprint density at radius 3 is 2.61 bits per heavy atom. The molecular weight excluding hydrogens is 480 g/mol. The van der Waals surface area contributed by atoms with Crippen molar-refractivity contribution in [1.82, 2.24) is 14.9 Å². The zero-order valence-electron chi connectivity index (χ0n) is 20.8. The summed E-state index contributed by atoms with van der Waals surface area (Å²) in [6.07, 6.45) is 0. The molecule has 2 heterocycles. The van der Waals surface area contributed by atoms with Crippen molar-refractivity contribution in [2.75, 3.05) is 36.9 Å². The molecular formula is C28H26N8O2. The lowest BCUT2D eigenvalue weighted by molar-refractivity contribution is 0.414. The van der Waals surface area contributed by atoms with Gasteiger partial charge in [-0.15, -0.1) is 0 Å². The number of amidine groups is 1. The molecule has 0 saturated carbocycles. The first-order valence-corrected chi connectivity index (χ1v) is 12.0. The lowest BCUT2D eigenvalue weighted by Crippen LogP contribution is -2.23. The van der Waals surface area contributed by atoms with Crippen LogP contribution in [0.25, 0.3) is 0 Å². The van der Waals surface area contributed by atoms with Gasteiger partial charge in [-0.05, 0) is 29.8 Å². The van der Waals surface area contributed by atoms with E-state index in [9.17, 15) is 5.26 Å². The van der Waals surface area contributed by atoms with Crippen molar-refractivity contribution in [2.45, 2.75) is 6.54 Å². The van der Waals surface area contributed by atoms with Gasteiger partial charge in [0.05, 0.1) is 23.9 Å². The van der Waals surface area contributed by atoms with Gasteiger partial charge in [-0.1, -0.05) is 42.5 Å². The number of benzene rings is 3. The quantitative estimate of drug-likeness (QED) is 0.296. The number of likely N-dealkylation sites (N-methyl/N-ethyl adjacent to an activating group) is 1. The summed E-state index contributed by atoms with van der Waals surface area (Å²) in [6, 6.07) is 24.2. The Hall–Kier alpha value is -5.30. The Bertz CT molecular complexity index is 1530. The molecule has 0 spiro atoms. The van der Waals surface area contributed by atoms with Crippen LogP contribution < -0.4 is 26.3 Å². The smallest absolute Gasteiger partial charge is 0.327 e. The molecule has 38 heavy (non-hydrogen) atoms. The standard InChI is InChI=1S/C28H26N8O2/c1-36-13-12-32-26(36)20-8-5-9-21(15-20)37-28-34-25(33-17-18-6-3-2-4-7-18)24(31)27(35-28)38-23-14-19(16-29)10-11-22(23)30/h2-11,14-15H,12-13,17,30-31H2,1H3,(H,33,34,35). The molecule has 0 unspecified atom stereocenters. The first-order valence-electron chi connectivity index (χ1n) is 12.0. The molecule has 0 radical (unpaired) electrons. The maximum absolute atomic E-state index is 9.28. The number of nitrogens with two attached hydrogens (primary N) is 2. The van der Waals surface area contributed by atoms with Crippen LogP contribution in [0.1, 0.15) is 16.7 Å². The van der Waals surface area contributed by atoms with Gasteiger partial charge in [0.2, 0.25) is 0 Å². The Balaban J connectivity index is 1.48. The molecule has 0 aliphatic carbocycles. The van der Waals surface area contributed by atoms with Crippen molar-refractivity contribution in [3.05, 3.63) is 89.5 Å². The number of aliphatic imine (C=N–C) groups is 1. The van der Waals surface area contributed by atoms with E-state index < -0.39 is 0 Å². The first-order chi connectivity index (χ1) is 18.5. The molecule has 3 aromatic carbocycles. The predicted molar refractivity (Wildman–Crippen MR) is 146 cm³/mol. The van der Waals surface area contributed by atoms with E-state index in [0.717, 1.165) is 30.1 Å². The lowest BCUT2D eigenvalue weighted by atomic mass is 10.2. The molecule has 0 atom stereocenters. The molecule has 5 N–H and O–H groups in total. The first kappa shape index (κ1) is 24.4. The highest BCUT2D eigenvalue weighted by Gasteiger charge is 2.19. The third-order valence-corrected chi connectivity index (χ3v) is 5.90. The van der Waals surface area contributed by atoms with Gasteiger partial charge in [0.25, 0.3) is 5.88 Å². The maximum Gasteiger partial charge on any atom is 0.327 e. The number of nitrogens with one attached hydrogen (secondary N) is 1. The largest absolute Gasteiger partial charge is 0.435 e. The molecule has 1 aromatic heterocycles. The normalized spacial score (nSPS) is 12.5. The van der Waals surface area contributed by atoms with E-state index in [1.807, 2.05) is 61.6 Å². The molecule has 10 heteroatoms. The van der Waals surface area contributed by atoms with E-state index in [1.165, 1.54) is 6.07 Å². The van der Waals surface area contributed by atoms with Gasteiger partial charge in [-0.3, -0.25) is 4.99 Å². The van der Waals surface area contributed by atoms with Crippen LogP contribution in [0.2, 0.25) is 0 Å². The number of nitrogens with zero attached hydrogens (tertiary/aromatic N) is 5. The van der Waals surface area contributed by atoms with Crippen molar-refractivity contribution in [3.63, 3.8) is 0 Å². The Kier molecular flexibility index (Phi) is 6.91. The number of hydrogen-bond donors (Lipinski definition) is 3. The van der Waals surface area contributed by atoms with Crippen LogP contribution in [0.15, 0.2) is 77.8 Å². The van der Waals surface area contributed by atoms with Crippen LogP contribution in [0.5, 0.6) is 23.4 Å². The zero-order valence-corrected chi connectivity index (χ0v) is 20.8. The summed E-state index contributed by atoms with van der Waals surface area (Å²) in [5.74, 6) is 2.05. The molecule has 1 aliphatic rings. The fourth-order valence-corrected chi connectivity index (χ4v) is 3.91. The van der Waals surface area contributed by atoms with Gasteiger partial charge in [-0.2, -0.15) is 15.2 Å². The minimum absolute atomic E-state index is 0.0265. The van der Waals surface area contributed by atoms with Crippen LogP contribution >= 0.6 is 0 Å². The fourth-order valence-electron chi connectivity index (χ4n) is 3.91. The van der Waals surface area contributed by atoms with Gasteiger partial charge >= 0.3 is 6.01 Å². The monoisotopic (exact) mass is 506 g/mol. The molecule has 5 rings (SSSR count). The van der Waals surface area contributed by atoms with E-state index in [1.54, 1.807) is 12.1 Å². The summed E-state index contributed by atoms with van der Waals surface area (Å²) in [4.78, 5) is 15.6. The van der Waals surface area contributed by atoms with Gasteiger partial charge in [0.15, 0.2) is 11.6 Å². The second-order valence-corrected chi connectivity index (χ2v) is 8.64. The second-order valence-electron chi connectivity index (χ2n) is 8.64. The Labute approximate surface area is 220 Å². The lowest BCUT2D eigenvalue weighted by Gasteiger charge is -2.16. The number of nitriles is 1. The van der Waals surface area contributed by atoms with Crippen molar-refractivity contribution >= 4 is 23.0 Å². The van der Waals surface area contributed by atoms with E-state index in [-0.39, 0.29) is 23.3 Å². The molecule has 0 amide bonds. The van der Waals surface area contributed by atoms with Crippen LogP contribution in [0.4, 0.5) is 17.2 Å². The highest BCUT2D eigenvalue weighted by molar-refractivity contribution is 5.99. The SMILES string of the molecule is CN1CCN=C1c1cccc(Oc2nc(NCc3ccccc3)c(N)c(Oc3cc(C#N)ccc3N)n2)c1. The number of anilines is 3. The Morgan fingerprint density at radius 2 is 1.84 bits per heavy atom. The van der Waals surface area contributed by atoms with Crippen LogP contribution in [0.3, 0.4) is 0 Å². The molecule has 190 valence electrons. The second kappa shape index (κ2) is 10.8.